The van der Waals surface area contributed by atoms with Crippen LogP contribution in [0.3, 0.4) is 0 Å². The van der Waals surface area contributed by atoms with Crippen molar-refractivity contribution in [2.24, 2.45) is 4.99 Å². The van der Waals surface area contributed by atoms with Crippen molar-refractivity contribution in [1.29, 1.82) is 0 Å². The Bertz CT molecular complexity index is 971. The summed E-state index contributed by atoms with van der Waals surface area (Å²) in [5, 5.41) is 3.13. The first-order valence-corrected chi connectivity index (χ1v) is 13.0. The van der Waals surface area contributed by atoms with E-state index in [1.807, 2.05) is 18.2 Å². The lowest BCUT2D eigenvalue weighted by atomic mass is 10.00. The van der Waals surface area contributed by atoms with E-state index in [1.54, 1.807) is 11.8 Å². The summed E-state index contributed by atoms with van der Waals surface area (Å²) in [5.41, 5.74) is 3.92. The Morgan fingerprint density at radius 2 is 2.03 bits per heavy atom. The standard InChI is InChI=1S/C27H35N3OS/c1-3-10-23-22-12-5-6-13-25(22)32-26-15-14-20(19-24(26)29-23)27(31)28-16-9-18-30-17-8-7-11-21(30)4-2/h5-6,12-15,19,21H,3-4,7-11,16-18H2,1-2H3,(H,28,31)/t21-/m1/s1. The highest BCUT2D eigenvalue weighted by Gasteiger charge is 2.20. The average Bonchev–Trinajstić information content (AvgIpc) is 2.98. The van der Waals surface area contributed by atoms with Crippen LogP contribution in [-0.2, 0) is 0 Å². The van der Waals surface area contributed by atoms with Crippen molar-refractivity contribution in [2.45, 2.75) is 74.6 Å². The summed E-state index contributed by atoms with van der Waals surface area (Å²) in [6.45, 7) is 7.46. The van der Waals surface area contributed by atoms with E-state index in [4.69, 9.17) is 4.99 Å². The molecule has 1 N–H and O–H groups in total. The van der Waals surface area contributed by atoms with Gasteiger partial charge in [0.1, 0.15) is 0 Å². The molecule has 0 bridgehead atoms. The van der Waals surface area contributed by atoms with Crippen molar-refractivity contribution < 1.29 is 4.79 Å². The monoisotopic (exact) mass is 449 g/mol. The van der Waals surface area contributed by atoms with Crippen molar-refractivity contribution >= 4 is 29.1 Å². The number of carbonyl (C=O) groups is 1. The highest BCUT2D eigenvalue weighted by atomic mass is 32.2. The van der Waals surface area contributed by atoms with Crippen molar-refractivity contribution in [3.05, 3.63) is 53.6 Å². The fourth-order valence-corrected chi connectivity index (χ4v) is 5.81. The molecule has 0 aliphatic carbocycles. The Balaban J connectivity index is 1.40. The molecule has 1 fully saturated rings. The molecule has 0 spiro atoms. The van der Waals surface area contributed by atoms with Gasteiger partial charge in [-0.2, -0.15) is 0 Å². The summed E-state index contributed by atoms with van der Waals surface area (Å²) in [5.74, 6) is -0.00233. The summed E-state index contributed by atoms with van der Waals surface area (Å²) in [7, 11) is 0. The first-order chi connectivity index (χ1) is 15.7. The van der Waals surface area contributed by atoms with E-state index in [9.17, 15) is 4.79 Å². The zero-order valence-electron chi connectivity index (χ0n) is 19.4. The molecular formula is C27H35N3OS. The summed E-state index contributed by atoms with van der Waals surface area (Å²) in [6.07, 6.45) is 8.18. The van der Waals surface area contributed by atoms with Gasteiger partial charge in [0.15, 0.2) is 0 Å². The fraction of sp³-hybridized carbons (Fsp3) is 0.481. The number of fused-ring (bicyclic) bond motifs is 2. The van der Waals surface area contributed by atoms with Crippen LogP contribution in [0.2, 0.25) is 0 Å². The van der Waals surface area contributed by atoms with Crippen LogP contribution in [0, 0.1) is 0 Å². The van der Waals surface area contributed by atoms with Gasteiger partial charge in [-0.15, -0.1) is 0 Å². The highest BCUT2D eigenvalue weighted by Crippen LogP contribution is 2.41. The molecule has 2 aliphatic heterocycles. The Kier molecular flexibility index (Phi) is 8.04. The van der Waals surface area contributed by atoms with Crippen molar-refractivity contribution in [3.8, 4) is 0 Å². The van der Waals surface area contributed by atoms with E-state index in [-0.39, 0.29) is 5.91 Å². The zero-order chi connectivity index (χ0) is 22.3. The van der Waals surface area contributed by atoms with E-state index < -0.39 is 0 Å². The van der Waals surface area contributed by atoms with Gasteiger partial charge in [0.05, 0.1) is 5.69 Å². The van der Waals surface area contributed by atoms with E-state index in [0.717, 1.165) is 48.1 Å². The Labute approximate surface area is 196 Å². The number of carbonyl (C=O) groups excluding carboxylic acids is 1. The Hall–Kier alpha value is -2.11. The number of likely N-dealkylation sites (tertiary alicyclic amines) is 1. The molecule has 5 heteroatoms. The predicted octanol–water partition coefficient (Wildman–Crippen LogP) is 6.46. The second kappa shape index (κ2) is 11.2. The number of nitrogens with one attached hydrogen (secondary N) is 1. The van der Waals surface area contributed by atoms with Crippen LogP contribution in [0.1, 0.15) is 74.7 Å². The zero-order valence-corrected chi connectivity index (χ0v) is 20.2. The normalized spacial score (nSPS) is 18.3. The van der Waals surface area contributed by atoms with E-state index >= 15 is 0 Å². The van der Waals surface area contributed by atoms with Gasteiger partial charge >= 0.3 is 0 Å². The van der Waals surface area contributed by atoms with Crippen LogP contribution in [-0.4, -0.2) is 42.2 Å². The molecule has 1 saturated heterocycles. The minimum atomic E-state index is -0.00233. The second-order valence-electron chi connectivity index (χ2n) is 8.79. The molecule has 32 heavy (non-hydrogen) atoms. The van der Waals surface area contributed by atoms with Crippen molar-refractivity contribution in [3.63, 3.8) is 0 Å². The quantitative estimate of drug-likeness (QED) is 0.471. The number of piperidine rings is 1. The Morgan fingerprint density at radius 1 is 1.16 bits per heavy atom. The lowest BCUT2D eigenvalue weighted by molar-refractivity contribution is 0.0947. The van der Waals surface area contributed by atoms with Gasteiger partial charge in [-0.05, 0) is 62.9 Å². The Morgan fingerprint density at radius 3 is 2.88 bits per heavy atom. The predicted molar refractivity (Wildman–Crippen MR) is 135 cm³/mol. The molecule has 4 rings (SSSR count). The van der Waals surface area contributed by atoms with Gasteiger partial charge in [-0.1, -0.05) is 56.7 Å². The third kappa shape index (κ3) is 5.44. The van der Waals surface area contributed by atoms with Gasteiger partial charge < -0.3 is 10.2 Å². The maximum atomic E-state index is 12.8. The van der Waals surface area contributed by atoms with Crippen LogP contribution in [0.25, 0.3) is 0 Å². The molecule has 170 valence electrons. The van der Waals surface area contributed by atoms with Crippen LogP contribution < -0.4 is 5.32 Å². The first-order valence-electron chi connectivity index (χ1n) is 12.2. The summed E-state index contributed by atoms with van der Waals surface area (Å²) < 4.78 is 0. The molecule has 1 atom stereocenters. The van der Waals surface area contributed by atoms with Gasteiger partial charge in [-0.3, -0.25) is 9.79 Å². The molecule has 0 unspecified atom stereocenters. The second-order valence-corrected chi connectivity index (χ2v) is 9.88. The lowest BCUT2D eigenvalue weighted by Gasteiger charge is -2.35. The van der Waals surface area contributed by atoms with Gasteiger partial charge in [0, 0.05) is 45.8 Å². The molecule has 0 aromatic heterocycles. The third-order valence-corrected chi connectivity index (χ3v) is 7.65. The van der Waals surface area contributed by atoms with Gasteiger partial charge in [0.25, 0.3) is 5.91 Å². The molecule has 1 amide bonds. The number of hydrogen-bond donors (Lipinski definition) is 1. The number of benzene rings is 2. The van der Waals surface area contributed by atoms with E-state index in [2.05, 4.69) is 48.3 Å². The van der Waals surface area contributed by atoms with Crippen molar-refractivity contribution in [2.75, 3.05) is 19.6 Å². The summed E-state index contributed by atoms with van der Waals surface area (Å²) >= 11 is 1.74. The van der Waals surface area contributed by atoms with E-state index in [1.165, 1.54) is 42.7 Å². The molecule has 2 aromatic carbocycles. The minimum absolute atomic E-state index is 0.00233. The molecule has 2 heterocycles. The number of rotatable bonds is 8. The number of amides is 1. The molecular weight excluding hydrogens is 414 g/mol. The summed E-state index contributed by atoms with van der Waals surface area (Å²) in [4.78, 5) is 22.8. The maximum absolute atomic E-state index is 12.8. The largest absolute Gasteiger partial charge is 0.352 e. The van der Waals surface area contributed by atoms with Crippen LogP contribution >= 0.6 is 11.8 Å². The molecule has 0 radical (unpaired) electrons. The number of aliphatic imine (C=N–C) groups is 1. The van der Waals surface area contributed by atoms with Crippen LogP contribution in [0.15, 0.2) is 57.2 Å². The number of nitrogens with zero attached hydrogens (tertiary/aromatic N) is 2. The van der Waals surface area contributed by atoms with Crippen LogP contribution in [0.5, 0.6) is 0 Å². The summed E-state index contributed by atoms with van der Waals surface area (Å²) in [6, 6.07) is 15.1. The minimum Gasteiger partial charge on any atom is -0.352 e. The van der Waals surface area contributed by atoms with Gasteiger partial charge in [0.2, 0.25) is 0 Å². The fourth-order valence-electron chi connectivity index (χ4n) is 4.78. The van der Waals surface area contributed by atoms with Crippen molar-refractivity contribution in [1.82, 2.24) is 10.2 Å². The lowest BCUT2D eigenvalue weighted by Crippen LogP contribution is -2.40. The van der Waals surface area contributed by atoms with Crippen LogP contribution in [0.4, 0.5) is 5.69 Å². The molecule has 2 aliphatic rings. The smallest absolute Gasteiger partial charge is 0.251 e. The SMILES string of the molecule is CCCC1=Nc2cc(C(=O)NCCCN3CCCC[C@H]3CC)ccc2Sc2ccccc21. The van der Waals surface area contributed by atoms with Gasteiger partial charge in [-0.25, -0.2) is 0 Å². The average molecular weight is 450 g/mol. The third-order valence-electron chi connectivity index (χ3n) is 6.51. The molecule has 0 saturated carbocycles. The molecule has 4 nitrogen and oxygen atoms in total. The molecule has 2 aromatic rings. The van der Waals surface area contributed by atoms with E-state index in [0.29, 0.717) is 12.1 Å². The highest BCUT2D eigenvalue weighted by molar-refractivity contribution is 7.99. The first kappa shape index (κ1) is 23.1. The topological polar surface area (TPSA) is 44.7 Å². The maximum Gasteiger partial charge on any atom is 0.251 e. The number of hydrogen-bond acceptors (Lipinski definition) is 4.